The summed E-state index contributed by atoms with van der Waals surface area (Å²) in [6, 6.07) is 10.9. The molecule has 0 N–H and O–H groups in total. The number of imidazole rings is 1. The minimum absolute atomic E-state index is 0.0881. The van der Waals surface area contributed by atoms with Crippen molar-refractivity contribution in [3.8, 4) is 5.75 Å². The fourth-order valence-electron chi connectivity index (χ4n) is 2.33. The zero-order valence-corrected chi connectivity index (χ0v) is 12.9. The van der Waals surface area contributed by atoms with Crippen LogP contribution in [0.2, 0.25) is 0 Å². The minimum Gasteiger partial charge on any atom is -0.492 e. The molecule has 0 aliphatic carbocycles. The first kappa shape index (κ1) is 15.7. The number of pyridine rings is 1. The van der Waals surface area contributed by atoms with Gasteiger partial charge in [0.1, 0.15) is 18.2 Å². The maximum Gasteiger partial charge on any atom is 0.372 e. The molecule has 8 heteroatoms. The number of likely N-dealkylation sites (N-methyl/N-ethyl adjacent to an activating group) is 1. The van der Waals surface area contributed by atoms with E-state index in [0.29, 0.717) is 17.9 Å². The molecular weight excluding hydrogens is 315 g/mol. The molecule has 0 fully saturated rings. The van der Waals surface area contributed by atoms with Crippen LogP contribution in [0.3, 0.4) is 0 Å². The molecule has 1 aromatic carbocycles. The summed E-state index contributed by atoms with van der Waals surface area (Å²) in [6.07, 6.45) is 1.60. The van der Waals surface area contributed by atoms with Crippen LogP contribution in [0, 0.1) is 15.9 Å². The van der Waals surface area contributed by atoms with E-state index in [1.54, 1.807) is 36.3 Å². The van der Waals surface area contributed by atoms with Gasteiger partial charge in [0.25, 0.3) is 0 Å². The lowest BCUT2D eigenvalue weighted by molar-refractivity contribution is -0.389. The number of aromatic nitrogens is 2. The number of nitro groups is 1. The number of halogens is 1. The lowest BCUT2D eigenvalue weighted by Crippen LogP contribution is -2.24. The van der Waals surface area contributed by atoms with Crippen molar-refractivity contribution in [1.29, 1.82) is 0 Å². The monoisotopic (exact) mass is 330 g/mol. The molecule has 2 aromatic heterocycles. The second-order valence-corrected chi connectivity index (χ2v) is 5.17. The van der Waals surface area contributed by atoms with Crippen molar-refractivity contribution in [3.63, 3.8) is 0 Å². The third-order valence-corrected chi connectivity index (χ3v) is 3.53. The van der Waals surface area contributed by atoms with Crippen LogP contribution in [0.25, 0.3) is 5.65 Å². The maximum atomic E-state index is 12.8. The van der Waals surface area contributed by atoms with Crippen LogP contribution in [0.5, 0.6) is 5.75 Å². The highest BCUT2D eigenvalue weighted by Crippen LogP contribution is 2.27. The summed E-state index contributed by atoms with van der Waals surface area (Å²) >= 11 is 0. The zero-order chi connectivity index (χ0) is 17.1. The van der Waals surface area contributed by atoms with Crippen molar-refractivity contribution in [3.05, 3.63) is 64.6 Å². The topological polar surface area (TPSA) is 72.9 Å². The highest BCUT2D eigenvalue weighted by molar-refractivity contribution is 5.63. The number of ether oxygens (including phenoxy) is 1. The summed E-state index contributed by atoms with van der Waals surface area (Å²) in [5.41, 5.74) is 0.505. The van der Waals surface area contributed by atoms with E-state index in [0.717, 1.165) is 0 Å². The van der Waals surface area contributed by atoms with Gasteiger partial charge < -0.3 is 19.8 Å². The summed E-state index contributed by atoms with van der Waals surface area (Å²) in [7, 11) is 1.71. The van der Waals surface area contributed by atoms with E-state index >= 15 is 0 Å². The zero-order valence-electron chi connectivity index (χ0n) is 12.9. The number of nitrogens with zero attached hydrogens (tertiary/aromatic N) is 4. The van der Waals surface area contributed by atoms with E-state index in [1.807, 2.05) is 0 Å². The van der Waals surface area contributed by atoms with Crippen LogP contribution >= 0.6 is 0 Å². The standard InChI is InChI=1S/C16H15FN4O3/c1-19(10-11-24-13-7-5-12(17)6-8-13)15-16(21(22)23)20-9-3-2-4-14(20)18-15/h2-9H,10-11H2,1H3. The van der Waals surface area contributed by atoms with Crippen molar-refractivity contribution in [1.82, 2.24) is 9.38 Å². The Morgan fingerprint density at radius 3 is 2.75 bits per heavy atom. The molecule has 0 spiro atoms. The van der Waals surface area contributed by atoms with Gasteiger partial charge in [0.05, 0.1) is 12.7 Å². The Kier molecular flexibility index (Phi) is 4.28. The molecule has 0 saturated heterocycles. The van der Waals surface area contributed by atoms with E-state index in [2.05, 4.69) is 4.98 Å². The Morgan fingerprint density at radius 1 is 1.29 bits per heavy atom. The SMILES string of the molecule is CN(CCOc1ccc(F)cc1)c1nc2ccccn2c1[N+](=O)[O-]. The molecule has 24 heavy (non-hydrogen) atoms. The van der Waals surface area contributed by atoms with Crippen LogP contribution in [0.4, 0.5) is 16.0 Å². The second-order valence-electron chi connectivity index (χ2n) is 5.17. The van der Waals surface area contributed by atoms with Gasteiger partial charge in [-0.3, -0.25) is 0 Å². The lowest BCUT2D eigenvalue weighted by atomic mass is 10.3. The second kappa shape index (κ2) is 6.53. The Morgan fingerprint density at radius 2 is 2.04 bits per heavy atom. The number of hydrogen-bond donors (Lipinski definition) is 0. The fourth-order valence-corrected chi connectivity index (χ4v) is 2.33. The van der Waals surface area contributed by atoms with Gasteiger partial charge in [-0.1, -0.05) is 6.07 Å². The summed E-state index contributed by atoms with van der Waals surface area (Å²) < 4.78 is 19.8. The van der Waals surface area contributed by atoms with Crippen LogP contribution in [-0.4, -0.2) is 34.5 Å². The fraction of sp³-hybridized carbons (Fsp3) is 0.188. The molecule has 124 valence electrons. The molecule has 0 amide bonds. The average molecular weight is 330 g/mol. The highest BCUT2D eigenvalue weighted by atomic mass is 19.1. The van der Waals surface area contributed by atoms with Crippen LogP contribution in [-0.2, 0) is 0 Å². The van der Waals surface area contributed by atoms with Crippen LogP contribution in [0.15, 0.2) is 48.7 Å². The van der Waals surface area contributed by atoms with E-state index in [-0.39, 0.29) is 24.1 Å². The van der Waals surface area contributed by atoms with E-state index in [4.69, 9.17) is 4.74 Å². The normalized spacial score (nSPS) is 10.8. The third kappa shape index (κ3) is 3.12. The summed E-state index contributed by atoms with van der Waals surface area (Å²) in [5.74, 6) is 0.387. The molecule has 0 unspecified atom stereocenters. The molecular formula is C16H15FN4O3. The first-order valence-electron chi connectivity index (χ1n) is 7.27. The largest absolute Gasteiger partial charge is 0.492 e. The van der Waals surface area contributed by atoms with Crippen LogP contribution < -0.4 is 9.64 Å². The average Bonchev–Trinajstić information content (AvgIpc) is 2.96. The molecule has 0 aliphatic rings. The smallest absolute Gasteiger partial charge is 0.372 e. The Hall–Kier alpha value is -3.16. The van der Waals surface area contributed by atoms with Gasteiger partial charge in [-0.05, 0) is 35.3 Å². The summed E-state index contributed by atoms with van der Waals surface area (Å²) in [5, 5.41) is 11.4. The molecule has 0 aliphatic heterocycles. The first-order valence-corrected chi connectivity index (χ1v) is 7.27. The lowest BCUT2D eigenvalue weighted by Gasteiger charge is -2.16. The van der Waals surface area contributed by atoms with Gasteiger partial charge in [0.15, 0.2) is 0 Å². The number of rotatable bonds is 6. The highest BCUT2D eigenvalue weighted by Gasteiger charge is 2.24. The van der Waals surface area contributed by atoms with Crippen LogP contribution in [0.1, 0.15) is 0 Å². The molecule has 0 radical (unpaired) electrons. The Bertz CT molecular complexity index is 863. The van der Waals surface area contributed by atoms with E-state index in [9.17, 15) is 14.5 Å². The van der Waals surface area contributed by atoms with Crippen molar-refractivity contribution in [2.24, 2.45) is 0 Å². The number of hydrogen-bond acceptors (Lipinski definition) is 5. The van der Waals surface area contributed by atoms with Gasteiger partial charge >= 0.3 is 5.82 Å². The van der Waals surface area contributed by atoms with Crippen molar-refractivity contribution >= 4 is 17.3 Å². The summed E-state index contributed by atoms with van der Waals surface area (Å²) in [6.45, 7) is 0.676. The summed E-state index contributed by atoms with van der Waals surface area (Å²) in [4.78, 5) is 16.9. The predicted octanol–water partition coefficient (Wildman–Crippen LogP) is 2.90. The Labute approximate surface area is 137 Å². The first-order chi connectivity index (χ1) is 11.6. The number of benzene rings is 1. The molecule has 0 atom stereocenters. The van der Waals surface area contributed by atoms with Crippen molar-refractivity contribution in [2.75, 3.05) is 25.1 Å². The molecule has 0 saturated carbocycles. The molecule has 7 nitrogen and oxygen atoms in total. The molecule has 2 heterocycles. The van der Waals surface area contributed by atoms with Gasteiger partial charge in [-0.2, -0.15) is 9.38 Å². The maximum absolute atomic E-state index is 12.8. The van der Waals surface area contributed by atoms with Gasteiger partial charge in [-0.25, -0.2) is 4.39 Å². The minimum atomic E-state index is -0.452. The molecule has 3 aromatic rings. The van der Waals surface area contributed by atoms with E-state index in [1.165, 1.54) is 28.7 Å². The number of fused-ring (bicyclic) bond motifs is 1. The van der Waals surface area contributed by atoms with Gasteiger partial charge in [0.2, 0.25) is 11.5 Å². The van der Waals surface area contributed by atoms with Gasteiger partial charge in [0, 0.05) is 13.1 Å². The Balaban J connectivity index is 1.74. The number of anilines is 1. The predicted molar refractivity (Wildman–Crippen MR) is 87.0 cm³/mol. The third-order valence-electron chi connectivity index (χ3n) is 3.53. The van der Waals surface area contributed by atoms with E-state index < -0.39 is 4.92 Å². The van der Waals surface area contributed by atoms with Crippen molar-refractivity contribution < 1.29 is 14.1 Å². The van der Waals surface area contributed by atoms with Gasteiger partial charge in [-0.15, -0.1) is 0 Å². The molecule has 0 bridgehead atoms. The molecule has 3 rings (SSSR count). The quantitative estimate of drug-likeness (QED) is 0.513. The van der Waals surface area contributed by atoms with Crippen molar-refractivity contribution in [2.45, 2.75) is 0 Å².